The van der Waals surface area contributed by atoms with Crippen molar-refractivity contribution in [1.29, 1.82) is 0 Å². The number of amides is 1. The van der Waals surface area contributed by atoms with Gasteiger partial charge in [-0.15, -0.1) is 0 Å². The van der Waals surface area contributed by atoms with E-state index >= 15 is 0 Å². The Balaban J connectivity index is 1.69. The molecule has 1 aromatic heterocycles. The van der Waals surface area contributed by atoms with E-state index in [9.17, 15) is 14.7 Å². The topological polar surface area (TPSA) is 89.0 Å². The highest BCUT2D eigenvalue weighted by molar-refractivity contribution is 7.22. The molecule has 1 N–H and O–H groups in total. The summed E-state index contributed by atoms with van der Waals surface area (Å²) >= 11 is 1.29. The summed E-state index contributed by atoms with van der Waals surface area (Å²) in [6.45, 7) is 4.19. The minimum atomic E-state index is -0.842. The van der Waals surface area contributed by atoms with E-state index < -0.39 is 17.7 Å². The average Bonchev–Trinajstić information content (AvgIpc) is 3.45. The van der Waals surface area contributed by atoms with Gasteiger partial charge in [0.1, 0.15) is 17.3 Å². The third-order valence-corrected chi connectivity index (χ3v) is 7.53. The normalized spacial score (nSPS) is 17.1. The molecule has 3 aromatic carbocycles. The molecule has 8 heteroatoms. The fourth-order valence-corrected chi connectivity index (χ4v) is 5.46. The minimum Gasteiger partial charge on any atom is -0.507 e. The Labute approximate surface area is 218 Å². The number of ketones is 1. The molecular weight excluding hydrogens is 488 g/mol. The summed E-state index contributed by atoms with van der Waals surface area (Å²) in [7, 11) is 3.14. The van der Waals surface area contributed by atoms with Gasteiger partial charge in [0.15, 0.2) is 5.13 Å². The first-order valence-electron chi connectivity index (χ1n) is 11.8. The van der Waals surface area contributed by atoms with Gasteiger partial charge in [-0.1, -0.05) is 49.4 Å². The number of aliphatic hydroxyl groups is 1. The molecule has 37 heavy (non-hydrogen) atoms. The maximum atomic E-state index is 13.5. The standard InChI is InChI=1S/C29H26N2O5S/c1-16(2)17-5-7-18(8-6-17)25-24(26(32)19-9-11-20(35-3)12-10-19)27(33)28(34)31(25)29-30-22-14-13-21(36-4)15-23(22)37-29/h5-16,25,32H,1-4H3/t25-/m0/s1. The summed E-state index contributed by atoms with van der Waals surface area (Å²) < 4.78 is 11.4. The second-order valence-corrected chi connectivity index (χ2v) is 10.1. The molecule has 0 radical (unpaired) electrons. The van der Waals surface area contributed by atoms with Crippen LogP contribution >= 0.6 is 11.3 Å². The number of Topliss-reactive ketones (excluding diaryl/α,β-unsaturated/α-hetero) is 1. The Morgan fingerprint density at radius 3 is 2.22 bits per heavy atom. The largest absolute Gasteiger partial charge is 0.507 e. The number of ether oxygens (including phenoxy) is 2. The van der Waals surface area contributed by atoms with Crippen molar-refractivity contribution in [2.24, 2.45) is 0 Å². The van der Waals surface area contributed by atoms with Crippen molar-refractivity contribution in [3.63, 3.8) is 0 Å². The van der Waals surface area contributed by atoms with Gasteiger partial charge in [0.25, 0.3) is 5.78 Å². The van der Waals surface area contributed by atoms with Crippen LogP contribution in [0.4, 0.5) is 5.13 Å². The summed E-state index contributed by atoms with van der Waals surface area (Å²) in [6, 6.07) is 19.1. The molecule has 2 heterocycles. The number of nitrogens with zero attached hydrogens (tertiary/aromatic N) is 2. The second kappa shape index (κ2) is 9.71. The third kappa shape index (κ3) is 4.34. The molecule has 0 saturated carbocycles. The maximum Gasteiger partial charge on any atom is 0.301 e. The number of rotatable bonds is 6. The van der Waals surface area contributed by atoms with Crippen LogP contribution in [0.2, 0.25) is 0 Å². The van der Waals surface area contributed by atoms with Crippen LogP contribution in [0.1, 0.15) is 42.5 Å². The molecule has 0 spiro atoms. The highest BCUT2D eigenvalue weighted by atomic mass is 32.1. The van der Waals surface area contributed by atoms with Crippen LogP contribution in [0, 0.1) is 0 Å². The molecule has 7 nitrogen and oxygen atoms in total. The van der Waals surface area contributed by atoms with Crippen LogP contribution in [0.15, 0.2) is 72.3 Å². The summed E-state index contributed by atoms with van der Waals surface area (Å²) in [5.41, 5.74) is 2.95. The molecule has 4 aromatic rings. The fraction of sp³-hybridized carbons (Fsp3) is 0.207. The van der Waals surface area contributed by atoms with Crippen molar-refractivity contribution < 1.29 is 24.2 Å². The first-order valence-corrected chi connectivity index (χ1v) is 12.6. The number of anilines is 1. The number of methoxy groups -OCH3 is 2. The van der Waals surface area contributed by atoms with Crippen molar-refractivity contribution in [3.8, 4) is 11.5 Å². The molecule has 5 rings (SSSR count). The van der Waals surface area contributed by atoms with Gasteiger partial charge in [-0.3, -0.25) is 14.5 Å². The summed E-state index contributed by atoms with van der Waals surface area (Å²) in [5.74, 6) is -0.141. The molecule has 1 aliphatic heterocycles. The quantitative estimate of drug-likeness (QED) is 0.191. The minimum absolute atomic E-state index is 0.0179. The summed E-state index contributed by atoms with van der Waals surface area (Å²) in [5, 5.41) is 11.7. The van der Waals surface area contributed by atoms with E-state index in [2.05, 4.69) is 18.8 Å². The Morgan fingerprint density at radius 1 is 0.946 bits per heavy atom. The molecule has 188 valence electrons. The van der Waals surface area contributed by atoms with E-state index in [1.807, 2.05) is 36.4 Å². The predicted octanol–water partition coefficient (Wildman–Crippen LogP) is 6.06. The van der Waals surface area contributed by atoms with Crippen LogP contribution in [0.25, 0.3) is 16.0 Å². The van der Waals surface area contributed by atoms with Gasteiger partial charge in [-0.25, -0.2) is 4.98 Å². The van der Waals surface area contributed by atoms with Gasteiger partial charge in [0.2, 0.25) is 0 Å². The van der Waals surface area contributed by atoms with Crippen LogP contribution in [0.3, 0.4) is 0 Å². The first-order chi connectivity index (χ1) is 17.8. The number of aliphatic hydroxyl groups excluding tert-OH is 1. The fourth-order valence-electron chi connectivity index (χ4n) is 4.44. The number of hydrogen-bond acceptors (Lipinski definition) is 7. The lowest BCUT2D eigenvalue weighted by Crippen LogP contribution is -2.29. The van der Waals surface area contributed by atoms with Crippen molar-refractivity contribution in [3.05, 3.63) is 89.0 Å². The number of aromatic nitrogens is 1. The monoisotopic (exact) mass is 514 g/mol. The van der Waals surface area contributed by atoms with Gasteiger partial charge >= 0.3 is 5.91 Å². The molecule has 1 amide bonds. The van der Waals surface area contributed by atoms with E-state index in [0.29, 0.717) is 39.2 Å². The zero-order chi connectivity index (χ0) is 26.3. The molecule has 1 atom stereocenters. The van der Waals surface area contributed by atoms with Gasteiger partial charge in [0, 0.05) is 5.56 Å². The molecule has 1 aliphatic rings. The lowest BCUT2D eigenvalue weighted by Gasteiger charge is -2.23. The molecule has 1 saturated heterocycles. The number of carbonyl (C=O) groups is 2. The van der Waals surface area contributed by atoms with Gasteiger partial charge in [-0.05, 0) is 59.5 Å². The SMILES string of the molecule is COc1ccc(C(O)=C2C(=O)C(=O)N(c3nc4ccc(OC)cc4s3)[C@H]2c2ccc(C(C)C)cc2)cc1. The van der Waals surface area contributed by atoms with Crippen molar-refractivity contribution in [2.45, 2.75) is 25.8 Å². The van der Waals surface area contributed by atoms with Crippen LogP contribution in [-0.4, -0.2) is 36.0 Å². The van der Waals surface area contributed by atoms with Crippen LogP contribution in [0.5, 0.6) is 11.5 Å². The van der Waals surface area contributed by atoms with Gasteiger partial charge < -0.3 is 14.6 Å². The third-order valence-electron chi connectivity index (χ3n) is 6.52. The molecule has 1 fully saturated rings. The van der Waals surface area contributed by atoms with Crippen molar-refractivity contribution in [1.82, 2.24) is 4.98 Å². The predicted molar refractivity (Wildman–Crippen MR) is 144 cm³/mol. The summed E-state index contributed by atoms with van der Waals surface area (Å²) in [6.07, 6.45) is 0. The van der Waals surface area contributed by atoms with E-state index in [-0.39, 0.29) is 11.3 Å². The van der Waals surface area contributed by atoms with Crippen molar-refractivity contribution in [2.75, 3.05) is 19.1 Å². The van der Waals surface area contributed by atoms with Crippen LogP contribution in [-0.2, 0) is 9.59 Å². The van der Waals surface area contributed by atoms with Gasteiger partial charge in [-0.2, -0.15) is 0 Å². The van der Waals surface area contributed by atoms with E-state index in [1.54, 1.807) is 44.6 Å². The van der Waals surface area contributed by atoms with E-state index in [0.717, 1.165) is 10.3 Å². The molecule has 0 bridgehead atoms. The molecular formula is C29H26N2O5S. The highest BCUT2D eigenvalue weighted by Crippen LogP contribution is 2.45. The lowest BCUT2D eigenvalue weighted by atomic mass is 9.93. The maximum absolute atomic E-state index is 13.5. The molecule has 0 aliphatic carbocycles. The Bertz CT molecular complexity index is 1520. The number of hydrogen-bond donors (Lipinski definition) is 1. The Morgan fingerprint density at radius 2 is 1.59 bits per heavy atom. The lowest BCUT2D eigenvalue weighted by molar-refractivity contribution is -0.132. The Kier molecular flexibility index (Phi) is 6.43. The van der Waals surface area contributed by atoms with Crippen LogP contribution < -0.4 is 14.4 Å². The number of carbonyl (C=O) groups excluding carboxylic acids is 2. The average molecular weight is 515 g/mol. The zero-order valence-electron chi connectivity index (χ0n) is 20.9. The Hall–Kier alpha value is -4.17. The van der Waals surface area contributed by atoms with E-state index in [1.165, 1.54) is 16.2 Å². The smallest absolute Gasteiger partial charge is 0.301 e. The van der Waals surface area contributed by atoms with E-state index in [4.69, 9.17) is 9.47 Å². The highest BCUT2D eigenvalue weighted by Gasteiger charge is 2.48. The molecule has 0 unspecified atom stereocenters. The number of benzene rings is 3. The van der Waals surface area contributed by atoms with Crippen molar-refractivity contribution >= 4 is 44.1 Å². The number of fused-ring (bicyclic) bond motifs is 1. The number of thiazole rings is 1. The van der Waals surface area contributed by atoms with Gasteiger partial charge in [0.05, 0.1) is 36.1 Å². The summed E-state index contributed by atoms with van der Waals surface area (Å²) in [4.78, 5) is 32.9. The first kappa shape index (κ1) is 24.5. The second-order valence-electron chi connectivity index (χ2n) is 9.05. The zero-order valence-corrected chi connectivity index (χ0v) is 21.7.